The highest BCUT2D eigenvalue weighted by molar-refractivity contribution is 5.84. The molecule has 1 aliphatic heterocycles. The second kappa shape index (κ2) is 6.50. The maximum Gasteiger partial charge on any atom is 0.410 e. The number of rotatable bonds is 2. The Hall–Kier alpha value is -1.97. The van der Waals surface area contributed by atoms with Crippen molar-refractivity contribution in [2.24, 2.45) is 0 Å². The van der Waals surface area contributed by atoms with Gasteiger partial charge in [-0.2, -0.15) is 0 Å². The summed E-state index contributed by atoms with van der Waals surface area (Å²) in [7, 11) is 0. The van der Waals surface area contributed by atoms with E-state index in [9.17, 15) is 4.79 Å². The van der Waals surface area contributed by atoms with Crippen molar-refractivity contribution in [3.8, 4) is 0 Å². The molecular formula is C20H28N2O2. The molecule has 1 amide bonds. The number of amides is 1. The molecule has 0 spiro atoms. The van der Waals surface area contributed by atoms with E-state index >= 15 is 0 Å². The topological polar surface area (TPSA) is 34.5 Å². The fourth-order valence-electron chi connectivity index (χ4n) is 3.56. The first-order valence-corrected chi connectivity index (χ1v) is 8.94. The van der Waals surface area contributed by atoms with E-state index in [4.69, 9.17) is 4.74 Å². The van der Waals surface area contributed by atoms with Crippen molar-refractivity contribution in [2.45, 2.75) is 58.6 Å². The van der Waals surface area contributed by atoms with E-state index < -0.39 is 5.60 Å². The Balaban J connectivity index is 1.72. The third kappa shape index (κ3) is 3.42. The van der Waals surface area contributed by atoms with Gasteiger partial charge in [0.1, 0.15) is 5.60 Å². The standard InChI is InChI=1S/C20H28N2O2/c1-5-21-14-17(16-8-6-7-9-18(16)21)15-10-12-22(13-11-15)19(23)24-20(2,3)4/h6-9,14-15H,5,10-13H2,1-4H3. The van der Waals surface area contributed by atoms with Gasteiger partial charge in [0.05, 0.1) is 0 Å². The maximum atomic E-state index is 12.2. The monoisotopic (exact) mass is 328 g/mol. The second-order valence-electron chi connectivity index (χ2n) is 7.63. The summed E-state index contributed by atoms with van der Waals surface area (Å²) in [5.74, 6) is 0.515. The Morgan fingerprint density at radius 3 is 2.50 bits per heavy atom. The predicted octanol–water partition coefficient (Wildman–Crippen LogP) is 4.78. The number of para-hydroxylation sites is 1. The minimum absolute atomic E-state index is 0.183. The first-order chi connectivity index (χ1) is 11.4. The van der Waals surface area contributed by atoms with Gasteiger partial charge < -0.3 is 14.2 Å². The summed E-state index contributed by atoms with van der Waals surface area (Å²) < 4.78 is 7.82. The van der Waals surface area contributed by atoms with E-state index in [0.29, 0.717) is 5.92 Å². The summed E-state index contributed by atoms with van der Waals surface area (Å²) in [6.45, 7) is 10.4. The van der Waals surface area contributed by atoms with E-state index in [-0.39, 0.29) is 6.09 Å². The quantitative estimate of drug-likeness (QED) is 0.795. The zero-order valence-corrected chi connectivity index (χ0v) is 15.2. The molecule has 0 saturated carbocycles. The Morgan fingerprint density at radius 1 is 1.21 bits per heavy atom. The lowest BCUT2D eigenvalue weighted by Gasteiger charge is -2.33. The van der Waals surface area contributed by atoms with Crippen LogP contribution in [0.3, 0.4) is 0 Å². The zero-order chi connectivity index (χ0) is 17.3. The molecule has 1 aromatic carbocycles. The lowest BCUT2D eigenvalue weighted by Crippen LogP contribution is -2.41. The van der Waals surface area contributed by atoms with Crippen LogP contribution in [0, 0.1) is 0 Å². The first-order valence-electron chi connectivity index (χ1n) is 8.94. The van der Waals surface area contributed by atoms with Gasteiger partial charge in [0.15, 0.2) is 0 Å². The van der Waals surface area contributed by atoms with Crippen LogP contribution in [-0.2, 0) is 11.3 Å². The molecule has 0 atom stereocenters. The van der Waals surface area contributed by atoms with Gasteiger partial charge in [-0.3, -0.25) is 0 Å². The Bertz CT molecular complexity index is 719. The lowest BCUT2D eigenvalue weighted by molar-refractivity contribution is 0.0205. The second-order valence-corrected chi connectivity index (χ2v) is 7.63. The average Bonchev–Trinajstić information content (AvgIpc) is 2.92. The van der Waals surface area contributed by atoms with Crippen LogP contribution in [0.4, 0.5) is 4.79 Å². The van der Waals surface area contributed by atoms with Gasteiger partial charge in [0.2, 0.25) is 0 Å². The van der Waals surface area contributed by atoms with Gasteiger partial charge in [-0.05, 0) is 58.1 Å². The van der Waals surface area contributed by atoms with Gasteiger partial charge in [0, 0.05) is 36.7 Å². The van der Waals surface area contributed by atoms with Crippen molar-refractivity contribution in [2.75, 3.05) is 13.1 Å². The lowest BCUT2D eigenvalue weighted by atomic mass is 9.89. The molecule has 1 saturated heterocycles. The molecule has 0 aliphatic carbocycles. The molecule has 130 valence electrons. The van der Waals surface area contributed by atoms with Crippen LogP contribution in [0.2, 0.25) is 0 Å². The van der Waals surface area contributed by atoms with E-state index in [0.717, 1.165) is 32.5 Å². The Kier molecular flexibility index (Phi) is 4.57. The number of hydrogen-bond acceptors (Lipinski definition) is 2. The van der Waals surface area contributed by atoms with Crippen LogP contribution < -0.4 is 0 Å². The van der Waals surface area contributed by atoms with Gasteiger partial charge >= 0.3 is 6.09 Å². The summed E-state index contributed by atoms with van der Waals surface area (Å²) in [4.78, 5) is 14.1. The van der Waals surface area contributed by atoms with Crippen molar-refractivity contribution >= 4 is 17.0 Å². The molecule has 4 nitrogen and oxygen atoms in total. The number of fused-ring (bicyclic) bond motifs is 1. The van der Waals surface area contributed by atoms with Gasteiger partial charge in [-0.15, -0.1) is 0 Å². The number of ether oxygens (including phenoxy) is 1. The summed E-state index contributed by atoms with van der Waals surface area (Å²) in [6, 6.07) is 8.63. The molecule has 1 fully saturated rings. The minimum Gasteiger partial charge on any atom is -0.444 e. The van der Waals surface area contributed by atoms with Crippen molar-refractivity contribution in [1.82, 2.24) is 9.47 Å². The molecule has 2 aromatic rings. The SMILES string of the molecule is CCn1cc(C2CCN(C(=O)OC(C)(C)C)CC2)c2ccccc21. The van der Waals surface area contributed by atoms with Gasteiger partial charge in [-0.25, -0.2) is 4.79 Å². The summed E-state index contributed by atoms with van der Waals surface area (Å²) >= 11 is 0. The van der Waals surface area contributed by atoms with Crippen LogP contribution >= 0.6 is 0 Å². The number of carbonyl (C=O) groups is 1. The third-order valence-electron chi connectivity index (χ3n) is 4.75. The number of nitrogens with zero attached hydrogens (tertiary/aromatic N) is 2. The zero-order valence-electron chi connectivity index (χ0n) is 15.2. The van der Waals surface area contributed by atoms with E-state index in [1.165, 1.54) is 16.5 Å². The van der Waals surface area contributed by atoms with Crippen LogP contribution in [0.5, 0.6) is 0 Å². The molecule has 0 N–H and O–H groups in total. The van der Waals surface area contributed by atoms with Crippen molar-refractivity contribution in [3.63, 3.8) is 0 Å². The number of carbonyl (C=O) groups excluding carboxylic acids is 1. The molecule has 2 heterocycles. The molecule has 3 rings (SSSR count). The highest BCUT2D eigenvalue weighted by Crippen LogP contribution is 2.34. The largest absolute Gasteiger partial charge is 0.444 e. The van der Waals surface area contributed by atoms with Crippen LogP contribution in [0.15, 0.2) is 30.5 Å². The molecule has 1 aliphatic rings. The summed E-state index contributed by atoms with van der Waals surface area (Å²) in [6.07, 6.45) is 4.11. The minimum atomic E-state index is -0.428. The van der Waals surface area contributed by atoms with Gasteiger partial charge in [0.25, 0.3) is 0 Å². The van der Waals surface area contributed by atoms with Crippen LogP contribution in [-0.4, -0.2) is 34.3 Å². The Morgan fingerprint density at radius 2 is 1.88 bits per heavy atom. The smallest absolute Gasteiger partial charge is 0.410 e. The van der Waals surface area contributed by atoms with E-state index in [1.54, 1.807) is 0 Å². The van der Waals surface area contributed by atoms with Gasteiger partial charge in [-0.1, -0.05) is 18.2 Å². The van der Waals surface area contributed by atoms with Crippen LogP contribution in [0.25, 0.3) is 10.9 Å². The normalized spacial score (nSPS) is 16.6. The number of aromatic nitrogens is 1. The van der Waals surface area contributed by atoms with Crippen LogP contribution in [0.1, 0.15) is 52.0 Å². The molecule has 24 heavy (non-hydrogen) atoms. The molecule has 0 radical (unpaired) electrons. The highest BCUT2D eigenvalue weighted by atomic mass is 16.6. The molecular weight excluding hydrogens is 300 g/mol. The number of benzene rings is 1. The molecule has 0 unspecified atom stereocenters. The number of aryl methyl sites for hydroxylation is 1. The predicted molar refractivity (Wildman–Crippen MR) is 97.4 cm³/mol. The van der Waals surface area contributed by atoms with E-state index in [2.05, 4.69) is 42.0 Å². The average molecular weight is 328 g/mol. The molecule has 4 heteroatoms. The van der Waals surface area contributed by atoms with Crippen molar-refractivity contribution in [3.05, 3.63) is 36.0 Å². The van der Waals surface area contributed by atoms with E-state index in [1.807, 2.05) is 25.7 Å². The fraction of sp³-hybridized carbons (Fsp3) is 0.550. The number of hydrogen-bond donors (Lipinski definition) is 0. The fourth-order valence-corrected chi connectivity index (χ4v) is 3.56. The Labute approximate surface area is 144 Å². The number of likely N-dealkylation sites (tertiary alicyclic amines) is 1. The molecule has 1 aromatic heterocycles. The van der Waals surface area contributed by atoms with Crippen molar-refractivity contribution in [1.29, 1.82) is 0 Å². The first kappa shape index (κ1) is 16.9. The molecule has 0 bridgehead atoms. The maximum absolute atomic E-state index is 12.2. The van der Waals surface area contributed by atoms with Crippen molar-refractivity contribution < 1.29 is 9.53 Å². The number of piperidine rings is 1. The summed E-state index contributed by atoms with van der Waals surface area (Å²) in [5, 5.41) is 1.36. The summed E-state index contributed by atoms with van der Waals surface area (Å²) in [5.41, 5.74) is 2.31. The third-order valence-corrected chi connectivity index (χ3v) is 4.75. The highest BCUT2D eigenvalue weighted by Gasteiger charge is 2.28.